The van der Waals surface area contributed by atoms with E-state index in [1.807, 2.05) is 24.3 Å². The van der Waals surface area contributed by atoms with Crippen molar-refractivity contribution in [3.05, 3.63) is 41.2 Å². The molecule has 130 valence electrons. The highest BCUT2D eigenvalue weighted by molar-refractivity contribution is 7.89. The summed E-state index contributed by atoms with van der Waals surface area (Å²) in [7, 11) is -0.227. The third kappa shape index (κ3) is 2.61. The van der Waals surface area contributed by atoms with E-state index in [1.54, 1.807) is 37.0 Å². The summed E-state index contributed by atoms with van der Waals surface area (Å²) in [6, 6.07) is 7.43. The van der Waals surface area contributed by atoms with Crippen LogP contribution >= 0.6 is 0 Å². The average molecular weight is 349 g/mol. The molecular weight excluding hydrogens is 326 g/mol. The molecule has 1 aliphatic rings. The third-order valence-corrected chi connectivity index (χ3v) is 6.87. The van der Waals surface area contributed by atoms with E-state index in [0.29, 0.717) is 22.8 Å². The van der Waals surface area contributed by atoms with Gasteiger partial charge < -0.3 is 4.74 Å². The maximum absolute atomic E-state index is 13.3. The van der Waals surface area contributed by atoms with Crippen LogP contribution in [-0.4, -0.2) is 36.2 Å². The zero-order valence-electron chi connectivity index (χ0n) is 14.5. The summed E-state index contributed by atoms with van der Waals surface area (Å²) >= 11 is 0. The smallest absolute Gasteiger partial charge is 0.247 e. The minimum atomic E-state index is -3.61. The van der Waals surface area contributed by atoms with Crippen LogP contribution in [0.1, 0.15) is 35.8 Å². The largest absolute Gasteiger partial charge is 0.496 e. The van der Waals surface area contributed by atoms with Gasteiger partial charge >= 0.3 is 0 Å². The van der Waals surface area contributed by atoms with E-state index in [9.17, 15) is 8.42 Å². The monoisotopic (exact) mass is 349 g/mol. The molecule has 0 aliphatic carbocycles. The molecule has 1 saturated heterocycles. The topological polar surface area (TPSA) is 64.4 Å². The van der Waals surface area contributed by atoms with Crippen molar-refractivity contribution in [1.29, 1.82) is 0 Å². The highest BCUT2D eigenvalue weighted by Gasteiger charge is 2.39. The second-order valence-electron chi connectivity index (χ2n) is 6.14. The van der Waals surface area contributed by atoms with Crippen LogP contribution in [0.25, 0.3) is 0 Å². The van der Waals surface area contributed by atoms with E-state index in [4.69, 9.17) is 4.74 Å². The predicted octanol–water partition coefficient (Wildman–Crippen LogP) is 2.57. The van der Waals surface area contributed by atoms with Crippen LogP contribution in [0.3, 0.4) is 0 Å². The molecule has 0 amide bonds. The maximum Gasteiger partial charge on any atom is 0.247 e. The molecule has 0 radical (unpaired) electrons. The standard InChI is InChI=1S/C17H23N3O3S/c1-12-17(13(2)19(3)18-12)24(21,22)20-11-7-9-15(20)14-8-5-6-10-16(14)23-4/h5-6,8,10,15H,7,9,11H2,1-4H3. The molecule has 0 bridgehead atoms. The summed E-state index contributed by atoms with van der Waals surface area (Å²) < 4.78 is 35.3. The normalized spacial score (nSPS) is 18.9. The molecule has 6 nitrogen and oxygen atoms in total. The lowest BCUT2D eigenvalue weighted by Crippen LogP contribution is -2.31. The van der Waals surface area contributed by atoms with Crippen LogP contribution in [-0.2, 0) is 17.1 Å². The lowest BCUT2D eigenvalue weighted by atomic mass is 10.0. The van der Waals surface area contributed by atoms with Crippen LogP contribution in [0.4, 0.5) is 0 Å². The Labute approximate surface area is 143 Å². The van der Waals surface area contributed by atoms with Gasteiger partial charge in [-0.2, -0.15) is 9.40 Å². The van der Waals surface area contributed by atoms with Crippen LogP contribution in [0, 0.1) is 13.8 Å². The first-order valence-electron chi connectivity index (χ1n) is 8.03. The molecule has 0 spiro atoms. The minimum absolute atomic E-state index is 0.204. The zero-order chi connectivity index (χ0) is 17.5. The van der Waals surface area contributed by atoms with Crippen molar-refractivity contribution in [2.45, 2.75) is 37.6 Å². The Bertz CT molecular complexity index is 858. The van der Waals surface area contributed by atoms with E-state index < -0.39 is 10.0 Å². The Morgan fingerprint density at radius 3 is 2.58 bits per heavy atom. The Hall–Kier alpha value is -1.86. The summed E-state index contributed by atoms with van der Waals surface area (Å²) in [5.41, 5.74) is 2.12. The Kier molecular flexibility index (Phi) is 4.40. The maximum atomic E-state index is 13.3. The van der Waals surface area contributed by atoms with Crippen molar-refractivity contribution in [2.75, 3.05) is 13.7 Å². The molecule has 1 aliphatic heterocycles. The molecule has 1 atom stereocenters. The summed E-state index contributed by atoms with van der Waals surface area (Å²) in [5.74, 6) is 0.726. The van der Waals surface area contributed by atoms with Gasteiger partial charge in [0.1, 0.15) is 10.6 Å². The lowest BCUT2D eigenvalue weighted by Gasteiger charge is -2.25. The fourth-order valence-electron chi connectivity index (χ4n) is 3.53. The van der Waals surface area contributed by atoms with Gasteiger partial charge in [-0.15, -0.1) is 0 Å². The van der Waals surface area contributed by atoms with Gasteiger partial charge in [0.2, 0.25) is 10.0 Å². The SMILES string of the molecule is COc1ccccc1C1CCCN1S(=O)(=O)c1c(C)nn(C)c1C. The number of aromatic nitrogens is 2. The first-order valence-corrected chi connectivity index (χ1v) is 9.47. The average Bonchev–Trinajstić information content (AvgIpc) is 3.13. The first-order chi connectivity index (χ1) is 11.4. The molecule has 2 aromatic rings. The van der Waals surface area contributed by atoms with Gasteiger partial charge in [-0.3, -0.25) is 4.68 Å². The van der Waals surface area contributed by atoms with Crippen molar-refractivity contribution in [1.82, 2.24) is 14.1 Å². The van der Waals surface area contributed by atoms with Crippen molar-refractivity contribution >= 4 is 10.0 Å². The third-order valence-electron chi connectivity index (χ3n) is 4.71. The van der Waals surface area contributed by atoms with E-state index >= 15 is 0 Å². The molecule has 2 heterocycles. The van der Waals surface area contributed by atoms with Gasteiger partial charge in [-0.1, -0.05) is 18.2 Å². The van der Waals surface area contributed by atoms with E-state index in [-0.39, 0.29) is 6.04 Å². The Balaban J connectivity index is 2.07. The van der Waals surface area contributed by atoms with E-state index in [1.165, 1.54) is 0 Å². The number of nitrogens with zero attached hydrogens (tertiary/aromatic N) is 3. The molecule has 1 fully saturated rings. The second-order valence-corrected chi connectivity index (χ2v) is 7.97. The molecule has 0 saturated carbocycles. The second kappa shape index (κ2) is 6.22. The number of ether oxygens (including phenoxy) is 1. The van der Waals surface area contributed by atoms with Crippen LogP contribution in [0.2, 0.25) is 0 Å². The van der Waals surface area contributed by atoms with Crippen LogP contribution in [0.5, 0.6) is 5.75 Å². The molecule has 7 heteroatoms. The van der Waals surface area contributed by atoms with Crippen LogP contribution in [0.15, 0.2) is 29.2 Å². The number of methoxy groups -OCH3 is 1. The Morgan fingerprint density at radius 1 is 1.25 bits per heavy atom. The first kappa shape index (κ1) is 17.0. The molecule has 0 N–H and O–H groups in total. The number of rotatable bonds is 4. The summed E-state index contributed by atoms with van der Waals surface area (Å²) in [6.07, 6.45) is 1.62. The van der Waals surface area contributed by atoms with E-state index in [0.717, 1.165) is 24.2 Å². The van der Waals surface area contributed by atoms with Crippen molar-refractivity contribution in [2.24, 2.45) is 7.05 Å². The van der Waals surface area contributed by atoms with Crippen molar-refractivity contribution in [3.63, 3.8) is 0 Å². The highest BCUT2D eigenvalue weighted by atomic mass is 32.2. The molecule has 3 rings (SSSR count). The van der Waals surface area contributed by atoms with Crippen molar-refractivity contribution < 1.29 is 13.2 Å². The zero-order valence-corrected chi connectivity index (χ0v) is 15.3. The number of hydrogen-bond donors (Lipinski definition) is 0. The van der Waals surface area contributed by atoms with Gasteiger partial charge in [0, 0.05) is 19.2 Å². The molecule has 1 aromatic heterocycles. The van der Waals surface area contributed by atoms with Crippen LogP contribution < -0.4 is 4.74 Å². The fraction of sp³-hybridized carbons (Fsp3) is 0.471. The summed E-state index contributed by atoms with van der Waals surface area (Å²) in [5, 5.41) is 4.27. The molecular formula is C17H23N3O3S. The number of aryl methyl sites for hydroxylation is 2. The molecule has 1 unspecified atom stereocenters. The fourth-order valence-corrected chi connectivity index (χ4v) is 5.60. The number of para-hydroxylation sites is 1. The highest BCUT2D eigenvalue weighted by Crippen LogP contribution is 2.41. The van der Waals surface area contributed by atoms with Gasteiger partial charge in [0.15, 0.2) is 0 Å². The molecule has 24 heavy (non-hydrogen) atoms. The van der Waals surface area contributed by atoms with E-state index in [2.05, 4.69) is 5.10 Å². The van der Waals surface area contributed by atoms with Gasteiger partial charge in [-0.25, -0.2) is 8.42 Å². The predicted molar refractivity (Wildman–Crippen MR) is 91.5 cm³/mol. The number of benzene rings is 1. The lowest BCUT2D eigenvalue weighted by molar-refractivity contribution is 0.366. The quantitative estimate of drug-likeness (QED) is 0.851. The van der Waals surface area contributed by atoms with Gasteiger partial charge in [-0.05, 0) is 32.8 Å². The molecule has 1 aromatic carbocycles. The number of hydrogen-bond acceptors (Lipinski definition) is 4. The number of sulfonamides is 1. The van der Waals surface area contributed by atoms with Gasteiger partial charge in [0.25, 0.3) is 0 Å². The summed E-state index contributed by atoms with van der Waals surface area (Å²) in [4.78, 5) is 0.326. The van der Waals surface area contributed by atoms with Gasteiger partial charge in [0.05, 0.1) is 24.5 Å². The van der Waals surface area contributed by atoms with Crippen molar-refractivity contribution in [3.8, 4) is 5.75 Å². The minimum Gasteiger partial charge on any atom is -0.496 e. The summed E-state index contributed by atoms with van der Waals surface area (Å²) in [6.45, 7) is 4.05. The Morgan fingerprint density at radius 2 is 1.96 bits per heavy atom.